The van der Waals surface area contributed by atoms with Gasteiger partial charge in [0.05, 0.1) is 0 Å². The van der Waals surface area contributed by atoms with E-state index in [4.69, 9.17) is 5.11 Å². The fourth-order valence-electron chi connectivity index (χ4n) is 1.85. The smallest absolute Gasteiger partial charge is 0.358 e. The molecule has 1 heterocycles. The Hall–Kier alpha value is -2.43. The van der Waals surface area contributed by atoms with Gasteiger partial charge in [-0.25, -0.2) is 14.8 Å². The van der Waals surface area contributed by atoms with Crippen LogP contribution in [0.4, 0.5) is 5.82 Å². The molecule has 5 nitrogen and oxygen atoms in total. The first kappa shape index (κ1) is 13.0. The van der Waals surface area contributed by atoms with Crippen molar-refractivity contribution in [1.29, 1.82) is 0 Å². The molecule has 0 radical (unpaired) electrons. The molecule has 0 aliphatic carbocycles. The highest BCUT2D eigenvalue weighted by Gasteiger charge is 2.17. The van der Waals surface area contributed by atoms with Crippen molar-refractivity contribution >= 4 is 11.8 Å². The molecular weight excluding hydrogens is 242 g/mol. The average molecular weight is 257 g/mol. The van der Waals surface area contributed by atoms with Gasteiger partial charge in [-0.1, -0.05) is 30.3 Å². The summed E-state index contributed by atoms with van der Waals surface area (Å²) in [6, 6.07) is 9.86. The zero-order valence-corrected chi connectivity index (χ0v) is 10.7. The van der Waals surface area contributed by atoms with E-state index in [9.17, 15) is 4.79 Å². The number of carboxylic acid groups (broad SMARTS) is 1. The predicted molar refractivity (Wildman–Crippen MR) is 72.2 cm³/mol. The molecule has 5 heteroatoms. The molecule has 0 saturated carbocycles. The molecule has 0 bridgehead atoms. The molecule has 0 aliphatic heterocycles. The number of hydrogen-bond donors (Lipinski definition) is 1. The van der Waals surface area contributed by atoms with Crippen molar-refractivity contribution in [3.05, 3.63) is 54.0 Å². The number of benzene rings is 1. The van der Waals surface area contributed by atoms with E-state index in [1.54, 1.807) is 0 Å². The lowest BCUT2D eigenvalue weighted by atomic mass is 10.2. The third kappa shape index (κ3) is 3.07. The highest BCUT2D eigenvalue weighted by molar-refractivity contribution is 5.90. The molecular formula is C14H15N3O2. The van der Waals surface area contributed by atoms with Crippen molar-refractivity contribution in [2.75, 3.05) is 11.4 Å². The van der Waals surface area contributed by atoms with Crippen molar-refractivity contribution < 1.29 is 9.90 Å². The zero-order valence-electron chi connectivity index (χ0n) is 10.7. The average Bonchev–Trinajstić information content (AvgIpc) is 2.46. The topological polar surface area (TPSA) is 66.3 Å². The Morgan fingerprint density at radius 2 is 1.89 bits per heavy atom. The Balaban J connectivity index is 2.30. The fraction of sp³-hybridized carbons (Fsp3) is 0.214. The minimum Gasteiger partial charge on any atom is -0.476 e. The van der Waals surface area contributed by atoms with Gasteiger partial charge in [0.15, 0.2) is 11.5 Å². The molecule has 19 heavy (non-hydrogen) atoms. The van der Waals surface area contributed by atoms with Gasteiger partial charge in [-0.3, -0.25) is 0 Å². The summed E-state index contributed by atoms with van der Waals surface area (Å²) in [5.74, 6) is -0.657. The number of hydrogen-bond acceptors (Lipinski definition) is 4. The van der Waals surface area contributed by atoms with E-state index in [1.807, 2.05) is 42.2 Å². The van der Waals surface area contributed by atoms with E-state index in [2.05, 4.69) is 9.97 Å². The van der Waals surface area contributed by atoms with Crippen molar-refractivity contribution in [2.24, 2.45) is 0 Å². The largest absolute Gasteiger partial charge is 0.476 e. The van der Waals surface area contributed by atoms with Crippen LogP contribution in [0.3, 0.4) is 0 Å². The second-order valence-corrected chi connectivity index (χ2v) is 4.03. The lowest BCUT2D eigenvalue weighted by molar-refractivity contribution is 0.0690. The van der Waals surface area contributed by atoms with Crippen LogP contribution in [-0.4, -0.2) is 27.6 Å². The van der Waals surface area contributed by atoms with Gasteiger partial charge in [0.25, 0.3) is 0 Å². The van der Waals surface area contributed by atoms with Gasteiger partial charge in [0.2, 0.25) is 0 Å². The van der Waals surface area contributed by atoms with Gasteiger partial charge in [-0.15, -0.1) is 0 Å². The van der Waals surface area contributed by atoms with Crippen LogP contribution in [0.25, 0.3) is 0 Å². The molecule has 0 amide bonds. The van der Waals surface area contributed by atoms with Crippen molar-refractivity contribution in [3.8, 4) is 0 Å². The maximum atomic E-state index is 11.2. The van der Waals surface area contributed by atoms with E-state index in [1.165, 1.54) is 12.4 Å². The quantitative estimate of drug-likeness (QED) is 0.889. The maximum Gasteiger partial charge on any atom is 0.358 e. The summed E-state index contributed by atoms with van der Waals surface area (Å²) in [6.45, 7) is 3.23. The Labute approximate surface area is 111 Å². The van der Waals surface area contributed by atoms with E-state index in [0.717, 1.165) is 5.56 Å². The standard InChI is InChI=1S/C14H15N3O2/c1-2-17(10-11-6-4-3-5-7-11)13-12(14(18)19)15-8-9-16-13/h3-9H,2,10H2,1H3,(H,18,19). The van der Waals surface area contributed by atoms with E-state index in [-0.39, 0.29) is 5.69 Å². The maximum absolute atomic E-state index is 11.2. The molecule has 2 aromatic rings. The normalized spacial score (nSPS) is 10.2. The first-order valence-corrected chi connectivity index (χ1v) is 6.05. The molecule has 1 N–H and O–H groups in total. The lowest BCUT2D eigenvalue weighted by Gasteiger charge is -2.22. The van der Waals surface area contributed by atoms with Crippen molar-refractivity contribution in [3.63, 3.8) is 0 Å². The number of anilines is 1. The molecule has 0 unspecified atom stereocenters. The van der Waals surface area contributed by atoms with Gasteiger partial charge in [0.1, 0.15) is 0 Å². The molecule has 1 aromatic carbocycles. The lowest BCUT2D eigenvalue weighted by Crippen LogP contribution is -2.26. The summed E-state index contributed by atoms with van der Waals surface area (Å²) >= 11 is 0. The van der Waals surface area contributed by atoms with Crippen molar-refractivity contribution in [1.82, 2.24) is 9.97 Å². The first-order valence-electron chi connectivity index (χ1n) is 6.05. The minimum absolute atomic E-state index is 0.0136. The van der Waals surface area contributed by atoms with E-state index < -0.39 is 5.97 Å². The van der Waals surface area contributed by atoms with Gasteiger partial charge in [-0.05, 0) is 12.5 Å². The summed E-state index contributed by atoms with van der Waals surface area (Å²) < 4.78 is 0. The molecule has 1 aromatic heterocycles. The van der Waals surface area contributed by atoms with Gasteiger partial charge in [-0.2, -0.15) is 0 Å². The molecule has 2 rings (SSSR count). The highest BCUT2D eigenvalue weighted by atomic mass is 16.4. The summed E-state index contributed by atoms with van der Waals surface area (Å²) in [4.78, 5) is 21.1. The van der Waals surface area contributed by atoms with Crippen LogP contribution < -0.4 is 4.90 Å². The van der Waals surface area contributed by atoms with Crippen LogP contribution in [0.1, 0.15) is 23.0 Å². The SMILES string of the molecule is CCN(Cc1ccccc1)c1nccnc1C(=O)O. The molecule has 0 aliphatic rings. The predicted octanol–water partition coefficient (Wildman–Crippen LogP) is 2.20. The molecule has 0 atom stereocenters. The summed E-state index contributed by atoms with van der Waals surface area (Å²) in [5.41, 5.74) is 1.09. The van der Waals surface area contributed by atoms with Crippen LogP contribution in [0.5, 0.6) is 0 Å². The second-order valence-electron chi connectivity index (χ2n) is 4.03. The monoisotopic (exact) mass is 257 g/mol. The molecule has 0 fully saturated rings. The highest BCUT2D eigenvalue weighted by Crippen LogP contribution is 2.17. The number of nitrogens with zero attached hydrogens (tertiary/aromatic N) is 3. The van der Waals surface area contributed by atoms with E-state index in [0.29, 0.717) is 18.9 Å². The van der Waals surface area contributed by atoms with Crippen LogP contribution in [0.2, 0.25) is 0 Å². The second kappa shape index (κ2) is 5.95. The minimum atomic E-state index is -1.06. The van der Waals surface area contributed by atoms with Gasteiger partial charge >= 0.3 is 5.97 Å². The van der Waals surface area contributed by atoms with Crippen LogP contribution in [0.15, 0.2) is 42.7 Å². The third-order valence-corrected chi connectivity index (χ3v) is 2.78. The zero-order chi connectivity index (χ0) is 13.7. The molecule has 98 valence electrons. The van der Waals surface area contributed by atoms with E-state index >= 15 is 0 Å². The third-order valence-electron chi connectivity index (χ3n) is 2.78. The Morgan fingerprint density at radius 1 is 1.21 bits per heavy atom. The van der Waals surface area contributed by atoms with Gasteiger partial charge < -0.3 is 10.0 Å². The first-order chi connectivity index (χ1) is 9.22. The number of aromatic nitrogens is 2. The van der Waals surface area contributed by atoms with Gasteiger partial charge in [0, 0.05) is 25.5 Å². The van der Waals surface area contributed by atoms with Crippen LogP contribution in [-0.2, 0) is 6.54 Å². The summed E-state index contributed by atoms with van der Waals surface area (Å²) in [6.07, 6.45) is 2.90. The number of carboxylic acids is 1. The summed E-state index contributed by atoms with van der Waals surface area (Å²) in [7, 11) is 0. The molecule has 0 spiro atoms. The van der Waals surface area contributed by atoms with Crippen LogP contribution in [0, 0.1) is 0 Å². The number of rotatable bonds is 5. The molecule has 0 saturated heterocycles. The number of carbonyl (C=O) groups is 1. The Bertz CT molecular complexity index is 558. The fourth-order valence-corrected chi connectivity index (χ4v) is 1.85. The summed E-state index contributed by atoms with van der Waals surface area (Å²) in [5, 5.41) is 9.15. The van der Waals surface area contributed by atoms with Crippen LogP contribution >= 0.6 is 0 Å². The Kier molecular flexibility index (Phi) is 4.07. The Morgan fingerprint density at radius 3 is 2.53 bits per heavy atom. The van der Waals surface area contributed by atoms with Crippen molar-refractivity contribution in [2.45, 2.75) is 13.5 Å². The number of aromatic carboxylic acids is 1.